The van der Waals surface area contributed by atoms with Crippen LogP contribution in [0.4, 0.5) is 16.6 Å². The summed E-state index contributed by atoms with van der Waals surface area (Å²) in [6, 6.07) is 8.52. The highest BCUT2D eigenvalue weighted by molar-refractivity contribution is 5.81. The molecule has 0 atom stereocenters. The fourth-order valence-corrected chi connectivity index (χ4v) is 2.40. The van der Waals surface area contributed by atoms with Gasteiger partial charge in [0.05, 0.1) is 0 Å². The van der Waals surface area contributed by atoms with Crippen LogP contribution >= 0.6 is 0 Å². The van der Waals surface area contributed by atoms with E-state index in [0.29, 0.717) is 18.0 Å². The number of aryl methyl sites for hydroxylation is 1. The number of anilines is 2. The number of hydrogen-bond donors (Lipinski definition) is 3. The number of hydrogen-bond acceptors (Lipinski definition) is 5. The minimum atomic E-state index is -1.19. The lowest BCUT2D eigenvalue weighted by Gasteiger charge is -2.07. The monoisotopic (exact) mass is 326 g/mol. The number of carboxylic acid groups (broad SMARTS) is 1. The van der Waals surface area contributed by atoms with Crippen LogP contribution in [0.25, 0.3) is 5.65 Å². The molecule has 1 amide bonds. The van der Waals surface area contributed by atoms with Gasteiger partial charge in [-0.1, -0.05) is 31.2 Å². The second kappa shape index (κ2) is 6.95. The smallest absolute Gasteiger partial charge is 0.411 e. The number of rotatable bonds is 6. The maximum Gasteiger partial charge on any atom is 0.411 e. The second-order valence-electron chi connectivity index (χ2n) is 5.27. The summed E-state index contributed by atoms with van der Waals surface area (Å²) in [6.07, 6.45) is 3.87. The summed E-state index contributed by atoms with van der Waals surface area (Å²) in [6.45, 7) is 2.82. The molecule has 1 aromatic carbocycles. The third kappa shape index (κ3) is 3.43. The lowest BCUT2D eigenvalue weighted by molar-refractivity contribution is 0.209. The third-order valence-corrected chi connectivity index (χ3v) is 3.68. The van der Waals surface area contributed by atoms with Gasteiger partial charge < -0.3 is 10.4 Å². The van der Waals surface area contributed by atoms with Crippen molar-refractivity contribution in [3.8, 4) is 0 Å². The van der Waals surface area contributed by atoms with Crippen molar-refractivity contribution < 1.29 is 9.90 Å². The molecular weight excluding hydrogens is 308 g/mol. The Hall–Kier alpha value is -3.16. The van der Waals surface area contributed by atoms with E-state index in [1.807, 2.05) is 0 Å². The van der Waals surface area contributed by atoms with Crippen LogP contribution in [0.15, 0.2) is 36.7 Å². The first-order valence-corrected chi connectivity index (χ1v) is 7.68. The van der Waals surface area contributed by atoms with E-state index >= 15 is 0 Å². The molecule has 2 aromatic heterocycles. The summed E-state index contributed by atoms with van der Waals surface area (Å²) >= 11 is 0. The average Bonchev–Trinajstić information content (AvgIpc) is 2.99. The predicted molar refractivity (Wildman–Crippen MR) is 90.4 cm³/mol. The fourth-order valence-electron chi connectivity index (χ4n) is 2.40. The molecule has 3 N–H and O–H groups in total. The largest absolute Gasteiger partial charge is 0.465 e. The summed E-state index contributed by atoms with van der Waals surface area (Å²) in [5, 5.41) is 22.0. The Kier molecular flexibility index (Phi) is 4.55. The van der Waals surface area contributed by atoms with Gasteiger partial charge in [0.2, 0.25) is 11.6 Å². The fraction of sp³-hybridized carbons (Fsp3) is 0.250. The van der Waals surface area contributed by atoms with Crippen LogP contribution in [0.5, 0.6) is 0 Å². The van der Waals surface area contributed by atoms with Gasteiger partial charge >= 0.3 is 6.09 Å². The Morgan fingerprint density at radius 2 is 1.96 bits per heavy atom. The quantitative estimate of drug-likeness (QED) is 0.642. The SMILES string of the molecule is CCc1ccc(CCNc2nccn3c(NC(=O)O)nnc23)cc1. The van der Waals surface area contributed by atoms with E-state index in [4.69, 9.17) is 5.11 Å². The van der Waals surface area contributed by atoms with Crippen LogP contribution < -0.4 is 10.6 Å². The van der Waals surface area contributed by atoms with E-state index in [-0.39, 0.29) is 5.95 Å². The van der Waals surface area contributed by atoms with Crippen LogP contribution in [0, 0.1) is 0 Å². The first kappa shape index (κ1) is 15.7. The number of aromatic nitrogens is 4. The Balaban J connectivity index is 1.68. The molecule has 0 fully saturated rings. The van der Waals surface area contributed by atoms with Crippen LogP contribution in [0.2, 0.25) is 0 Å². The van der Waals surface area contributed by atoms with Crippen molar-refractivity contribution in [1.82, 2.24) is 19.6 Å². The lowest BCUT2D eigenvalue weighted by atomic mass is 10.1. The average molecular weight is 326 g/mol. The minimum absolute atomic E-state index is 0.137. The summed E-state index contributed by atoms with van der Waals surface area (Å²) < 4.78 is 1.54. The van der Waals surface area contributed by atoms with Crippen molar-refractivity contribution in [3.63, 3.8) is 0 Å². The van der Waals surface area contributed by atoms with Crippen molar-refractivity contribution in [1.29, 1.82) is 0 Å². The Morgan fingerprint density at radius 3 is 2.67 bits per heavy atom. The standard InChI is InChI=1S/C16H18N6O2/c1-2-11-3-5-12(6-4-11)7-8-17-13-14-20-21-15(19-16(23)24)22(14)10-9-18-13/h3-6,9-10H,2,7-8H2,1H3,(H,17,18)(H,19,21)(H,23,24). The van der Waals surface area contributed by atoms with Gasteiger partial charge in [-0.05, 0) is 24.0 Å². The predicted octanol–water partition coefficient (Wildman–Crippen LogP) is 2.43. The zero-order valence-electron chi connectivity index (χ0n) is 13.2. The highest BCUT2D eigenvalue weighted by Gasteiger charge is 2.11. The van der Waals surface area contributed by atoms with E-state index in [1.54, 1.807) is 16.8 Å². The number of amides is 1. The Morgan fingerprint density at radius 1 is 1.21 bits per heavy atom. The number of carbonyl (C=O) groups is 1. The number of nitrogens with zero attached hydrogens (tertiary/aromatic N) is 4. The molecular formula is C16H18N6O2. The molecule has 124 valence electrons. The molecule has 0 aliphatic carbocycles. The molecule has 0 spiro atoms. The zero-order chi connectivity index (χ0) is 16.9. The molecule has 0 saturated carbocycles. The molecule has 24 heavy (non-hydrogen) atoms. The highest BCUT2D eigenvalue weighted by Crippen LogP contribution is 2.15. The van der Waals surface area contributed by atoms with Crippen molar-refractivity contribution >= 4 is 23.5 Å². The van der Waals surface area contributed by atoms with Gasteiger partial charge in [-0.2, -0.15) is 0 Å². The molecule has 3 aromatic rings. The molecule has 2 heterocycles. The van der Waals surface area contributed by atoms with Crippen molar-refractivity contribution in [3.05, 3.63) is 47.8 Å². The molecule has 0 saturated heterocycles. The van der Waals surface area contributed by atoms with Gasteiger partial charge in [-0.15, -0.1) is 10.2 Å². The van der Waals surface area contributed by atoms with Gasteiger partial charge in [-0.3, -0.25) is 9.72 Å². The van der Waals surface area contributed by atoms with Gasteiger partial charge in [0.25, 0.3) is 0 Å². The molecule has 8 heteroatoms. The Labute approximate surface area is 138 Å². The molecule has 0 bridgehead atoms. The van der Waals surface area contributed by atoms with Crippen LogP contribution in [-0.4, -0.2) is 37.3 Å². The van der Waals surface area contributed by atoms with Crippen molar-refractivity contribution in [2.75, 3.05) is 17.2 Å². The molecule has 0 aliphatic rings. The lowest BCUT2D eigenvalue weighted by Crippen LogP contribution is -2.11. The van der Waals surface area contributed by atoms with E-state index in [2.05, 4.69) is 57.0 Å². The second-order valence-corrected chi connectivity index (χ2v) is 5.27. The van der Waals surface area contributed by atoms with Crippen LogP contribution in [0.1, 0.15) is 18.1 Å². The van der Waals surface area contributed by atoms with Crippen LogP contribution in [-0.2, 0) is 12.8 Å². The van der Waals surface area contributed by atoms with Gasteiger partial charge in [0.15, 0.2) is 5.82 Å². The molecule has 0 aliphatic heterocycles. The van der Waals surface area contributed by atoms with Gasteiger partial charge in [0, 0.05) is 18.9 Å². The van der Waals surface area contributed by atoms with Gasteiger partial charge in [0.1, 0.15) is 0 Å². The molecule has 3 rings (SSSR count). The maximum atomic E-state index is 10.7. The first-order chi connectivity index (χ1) is 11.7. The molecule has 8 nitrogen and oxygen atoms in total. The number of fused-ring (bicyclic) bond motifs is 1. The van der Waals surface area contributed by atoms with Crippen LogP contribution in [0.3, 0.4) is 0 Å². The summed E-state index contributed by atoms with van der Waals surface area (Å²) in [5.74, 6) is 0.701. The zero-order valence-corrected chi connectivity index (χ0v) is 13.2. The maximum absolute atomic E-state index is 10.7. The first-order valence-electron chi connectivity index (χ1n) is 7.68. The van der Waals surface area contributed by atoms with E-state index < -0.39 is 6.09 Å². The van der Waals surface area contributed by atoms with E-state index in [0.717, 1.165) is 12.8 Å². The van der Waals surface area contributed by atoms with Gasteiger partial charge in [-0.25, -0.2) is 9.78 Å². The van der Waals surface area contributed by atoms with Crippen molar-refractivity contribution in [2.24, 2.45) is 0 Å². The van der Waals surface area contributed by atoms with E-state index in [1.165, 1.54) is 11.1 Å². The number of nitrogens with one attached hydrogen (secondary N) is 2. The molecule has 0 radical (unpaired) electrons. The number of benzene rings is 1. The highest BCUT2D eigenvalue weighted by atomic mass is 16.4. The minimum Gasteiger partial charge on any atom is -0.465 e. The third-order valence-electron chi connectivity index (χ3n) is 3.68. The Bertz CT molecular complexity index is 843. The summed E-state index contributed by atoms with van der Waals surface area (Å²) in [7, 11) is 0. The van der Waals surface area contributed by atoms with Crippen molar-refractivity contribution in [2.45, 2.75) is 19.8 Å². The summed E-state index contributed by atoms with van der Waals surface area (Å²) in [5.41, 5.74) is 3.03. The topological polar surface area (TPSA) is 104 Å². The van der Waals surface area contributed by atoms with E-state index in [9.17, 15) is 4.79 Å². The molecule has 0 unspecified atom stereocenters. The normalized spacial score (nSPS) is 10.7. The summed E-state index contributed by atoms with van der Waals surface area (Å²) in [4.78, 5) is 15.0.